The lowest BCUT2D eigenvalue weighted by Crippen LogP contribution is -2.23. The zero-order chi connectivity index (χ0) is 29.3. The van der Waals surface area contributed by atoms with E-state index >= 15 is 0 Å². The zero-order valence-corrected chi connectivity index (χ0v) is 23.5. The van der Waals surface area contributed by atoms with Crippen molar-refractivity contribution in [2.75, 3.05) is 24.9 Å². The van der Waals surface area contributed by atoms with Crippen LogP contribution in [0.2, 0.25) is 0 Å². The Morgan fingerprint density at radius 1 is 0.476 bits per heavy atom. The van der Waals surface area contributed by atoms with E-state index in [-0.39, 0.29) is 11.8 Å². The number of anilines is 2. The summed E-state index contributed by atoms with van der Waals surface area (Å²) in [6.07, 6.45) is 0. The summed E-state index contributed by atoms with van der Waals surface area (Å²) in [6.45, 7) is 0. The molecular formula is C36H32N2O4. The molecule has 2 N–H and O–H groups in total. The van der Waals surface area contributed by atoms with E-state index in [1.54, 1.807) is 12.1 Å². The molecule has 5 aromatic rings. The van der Waals surface area contributed by atoms with Crippen LogP contribution in [-0.2, 0) is 9.59 Å². The third kappa shape index (κ3) is 6.34. The van der Waals surface area contributed by atoms with Crippen molar-refractivity contribution in [1.29, 1.82) is 0 Å². The predicted octanol–water partition coefficient (Wildman–Crippen LogP) is 7.25. The van der Waals surface area contributed by atoms with Crippen molar-refractivity contribution in [3.05, 3.63) is 156 Å². The molecule has 0 heterocycles. The van der Waals surface area contributed by atoms with E-state index < -0.39 is 11.8 Å². The summed E-state index contributed by atoms with van der Waals surface area (Å²) in [5, 5.41) is 6.06. The van der Waals surface area contributed by atoms with Gasteiger partial charge in [-0.1, -0.05) is 121 Å². The van der Waals surface area contributed by atoms with E-state index in [2.05, 4.69) is 10.6 Å². The molecule has 210 valence electrons. The summed E-state index contributed by atoms with van der Waals surface area (Å²) in [5.74, 6) is -0.763. The maximum Gasteiger partial charge on any atom is 0.236 e. The van der Waals surface area contributed by atoms with E-state index in [0.717, 1.165) is 22.3 Å². The Morgan fingerprint density at radius 2 is 0.738 bits per heavy atom. The van der Waals surface area contributed by atoms with Crippen LogP contribution in [0.15, 0.2) is 133 Å². The molecule has 0 aromatic heterocycles. The molecule has 0 aliphatic carbocycles. The highest BCUT2D eigenvalue weighted by atomic mass is 16.5. The van der Waals surface area contributed by atoms with Gasteiger partial charge in [0.15, 0.2) is 0 Å². The first-order chi connectivity index (χ1) is 20.6. The fourth-order valence-corrected chi connectivity index (χ4v) is 5.08. The third-order valence-electron chi connectivity index (χ3n) is 7.09. The number of hydrogen-bond acceptors (Lipinski definition) is 4. The molecule has 6 nitrogen and oxygen atoms in total. The molecule has 0 fully saturated rings. The standard InChI is InChI=1S/C36H32N2O4/c1-41-31-23-30(38-36(40)34(27-19-11-5-12-20-27)28-21-13-6-14-22-28)32(42-2)24-29(31)37-35(39)33(25-15-7-3-8-16-25)26-17-9-4-10-18-26/h3-24,33-34H,1-2H3,(H,37,39)(H,38,40). The number of carbonyl (C=O) groups excluding carboxylic acids is 2. The summed E-state index contributed by atoms with van der Waals surface area (Å²) in [6, 6.07) is 41.8. The van der Waals surface area contributed by atoms with Crippen molar-refractivity contribution in [2.45, 2.75) is 11.8 Å². The minimum atomic E-state index is -0.542. The van der Waals surface area contributed by atoms with Crippen molar-refractivity contribution in [3.63, 3.8) is 0 Å². The van der Waals surface area contributed by atoms with Gasteiger partial charge in [-0.15, -0.1) is 0 Å². The Morgan fingerprint density at radius 3 is 0.976 bits per heavy atom. The van der Waals surface area contributed by atoms with Crippen LogP contribution in [0.4, 0.5) is 11.4 Å². The zero-order valence-electron chi connectivity index (χ0n) is 23.5. The molecule has 5 rings (SSSR count). The molecular weight excluding hydrogens is 524 g/mol. The molecule has 0 saturated heterocycles. The molecule has 2 amide bonds. The minimum absolute atomic E-state index is 0.224. The maximum atomic E-state index is 13.8. The van der Waals surface area contributed by atoms with Gasteiger partial charge in [0.25, 0.3) is 0 Å². The molecule has 5 aromatic carbocycles. The smallest absolute Gasteiger partial charge is 0.236 e. The average Bonchev–Trinajstić information content (AvgIpc) is 3.04. The second-order valence-corrected chi connectivity index (χ2v) is 9.74. The van der Waals surface area contributed by atoms with Crippen molar-refractivity contribution >= 4 is 23.2 Å². The average molecular weight is 557 g/mol. The van der Waals surface area contributed by atoms with Gasteiger partial charge >= 0.3 is 0 Å². The van der Waals surface area contributed by atoms with E-state index in [1.165, 1.54) is 14.2 Å². The van der Waals surface area contributed by atoms with Crippen LogP contribution in [0, 0.1) is 0 Å². The van der Waals surface area contributed by atoms with Crippen LogP contribution >= 0.6 is 0 Å². The van der Waals surface area contributed by atoms with Crippen LogP contribution in [0.1, 0.15) is 34.1 Å². The molecule has 0 unspecified atom stereocenters. The molecule has 0 radical (unpaired) electrons. The van der Waals surface area contributed by atoms with Crippen molar-refractivity contribution in [1.82, 2.24) is 0 Å². The first-order valence-electron chi connectivity index (χ1n) is 13.7. The first-order valence-corrected chi connectivity index (χ1v) is 13.7. The predicted molar refractivity (Wildman–Crippen MR) is 166 cm³/mol. The highest BCUT2D eigenvalue weighted by Crippen LogP contribution is 2.38. The number of benzene rings is 5. The molecule has 0 spiro atoms. The van der Waals surface area contributed by atoms with Crippen LogP contribution in [-0.4, -0.2) is 26.0 Å². The van der Waals surface area contributed by atoms with Crippen LogP contribution in [0.5, 0.6) is 11.5 Å². The van der Waals surface area contributed by atoms with E-state index in [0.29, 0.717) is 22.9 Å². The molecule has 0 bridgehead atoms. The Hall–Kier alpha value is -5.36. The van der Waals surface area contributed by atoms with Crippen LogP contribution < -0.4 is 20.1 Å². The third-order valence-corrected chi connectivity index (χ3v) is 7.09. The Kier molecular flexibility index (Phi) is 8.94. The normalized spacial score (nSPS) is 10.8. The van der Waals surface area contributed by atoms with Gasteiger partial charge in [-0.25, -0.2) is 0 Å². The molecule has 42 heavy (non-hydrogen) atoms. The molecule has 0 aliphatic heterocycles. The van der Waals surface area contributed by atoms with Gasteiger partial charge in [-0.2, -0.15) is 0 Å². The number of nitrogens with one attached hydrogen (secondary N) is 2. The van der Waals surface area contributed by atoms with E-state index in [9.17, 15) is 9.59 Å². The summed E-state index contributed by atoms with van der Waals surface area (Å²) in [5.41, 5.74) is 4.31. The second-order valence-electron chi connectivity index (χ2n) is 9.74. The SMILES string of the molecule is COc1cc(NC(=O)C(c2ccccc2)c2ccccc2)c(OC)cc1NC(=O)C(c1ccccc1)c1ccccc1. The fraction of sp³-hybridized carbons (Fsp3) is 0.111. The lowest BCUT2D eigenvalue weighted by atomic mass is 9.90. The highest BCUT2D eigenvalue weighted by Gasteiger charge is 2.26. The number of methoxy groups -OCH3 is 2. The number of ether oxygens (including phenoxy) is 2. The van der Waals surface area contributed by atoms with E-state index in [1.807, 2.05) is 121 Å². The largest absolute Gasteiger partial charge is 0.494 e. The summed E-state index contributed by atoms with van der Waals surface area (Å²) < 4.78 is 11.3. The number of amides is 2. The Balaban J connectivity index is 1.46. The van der Waals surface area contributed by atoms with Crippen molar-refractivity contribution < 1.29 is 19.1 Å². The highest BCUT2D eigenvalue weighted by molar-refractivity contribution is 6.02. The maximum absolute atomic E-state index is 13.8. The topological polar surface area (TPSA) is 76.7 Å². The fourth-order valence-electron chi connectivity index (χ4n) is 5.08. The van der Waals surface area contributed by atoms with Gasteiger partial charge in [-0.05, 0) is 22.3 Å². The summed E-state index contributed by atoms with van der Waals surface area (Å²) in [4.78, 5) is 27.5. The van der Waals surface area contributed by atoms with Gasteiger partial charge in [0.1, 0.15) is 11.5 Å². The first kappa shape index (κ1) is 28.2. The molecule has 0 saturated carbocycles. The number of carbonyl (C=O) groups is 2. The van der Waals surface area contributed by atoms with Crippen molar-refractivity contribution in [3.8, 4) is 11.5 Å². The lowest BCUT2D eigenvalue weighted by Gasteiger charge is -2.22. The summed E-state index contributed by atoms with van der Waals surface area (Å²) >= 11 is 0. The number of hydrogen-bond donors (Lipinski definition) is 2. The molecule has 0 atom stereocenters. The minimum Gasteiger partial charge on any atom is -0.494 e. The monoisotopic (exact) mass is 556 g/mol. The molecule has 0 aliphatic rings. The quantitative estimate of drug-likeness (QED) is 0.190. The second kappa shape index (κ2) is 13.3. The Bertz CT molecular complexity index is 1420. The van der Waals surface area contributed by atoms with Crippen LogP contribution in [0.25, 0.3) is 0 Å². The molecule has 6 heteroatoms. The number of rotatable bonds is 10. The van der Waals surface area contributed by atoms with Gasteiger partial charge < -0.3 is 20.1 Å². The van der Waals surface area contributed by atoms with Gasteiger partial charge in [0, 0.05) is 12.1 Å². The van der Waals surface area contributed by atoms with E-state index in [4.69, 9.17) is 9.47 Å². The van der Waals surface area contributed by atoms with Gasteiger partial charge in [0.2, 0.25) is 11.8 Å². The summed E-state index contributed by atoms with van der Waals surface area (Å²) in [7, 11) is 3.04. The van der Waals surface area contributed by atoms with Crippen molar-refractivity contribution in [2.24, 2.45) is 0 Å². The van der Waals surface area contributed by atoms with Gasteiger partial charge in [-0.3, -0.25) is 9.59 Å². The van der Waals surface area contributed by atoms with Gasteiger partial charge in [0.05, 0.1) is 37.4 Å². The Labute approximate surface area is 245 Å². The lowest BCUT2D eigenvalue weighted by molar-refractivity contribution is -0.117. The van der Waals surface area contributed by atoms with Crippen LogP contribution in [0.3, 0.4) is 0 Å².